The van der Waals surface area contributed by atoms with Crippen molar-refractivity contribution in [1.29, 1.82) is 0 Å². The highest BCUT2D eigenvalue weighted by atomic mass is 19.4. The molecule has 0 aromatic carbocycles. The molecule has 0 aliphatic rings. The van der Waals surface area contributed by atoms with Crippen LogP contribution in [0.3, 0.4) is 0 Å². The van der Waals surface area contributed by atoms with Crippen molar-refractivity contribution in [2.24, 2.45) is 0 Å². The number of ether oxygens (including phenoxy) is 1. The van der Waals surface area contributed by atoms with E-state index in [0.29, 0.717) is 13.2 Å². The van der Waals surface area contributed by atoms with Gasteiger partial charge >= 0.3 is 6.18 Å². The van der Waals surface area contributed by atoms with Crippen molar-refractivity contribution in [1.82, 2.24) is 9.97 Å². The Bertz CT molecular complexity index is 424. The highest BCUT2D eigenvalue weighted by Gasteiger charge is 2.35. The van der Waals surface area contributed by atoms with E-state index >= 15 is 0 Å². The number of hydrogen-bond acceptors (Lipinski definition) is 4. The summed E-state index contributed by atoms with van der Waals surface area (Å²) in [6, 6.07) is 1.41. The number of hydrogen-bond donors (Lipinski definition) is 1. The van der Waals surface area contributed by atoms with Crippen LogP contribution >= 0.6 is 0 Å². The zero-order valence-corrected chi connectivity index (χ0v) is 12.5. The molecule has 0 saturated heterocycles. The Labute approximate surface area is 123 Å². The Hall–Kier alpha value is -1.53. The van der Waals surface area contributed by atoms with Gasteiger partial charge in [0.15, 0.2) is 0 Å². The van der Waals surface area contributed by atoms with Crippen molar-refractivity contribution in [3.8, 4) is 5.88 Å². The Balaban J connectivity index is 2.72. The summed E-state index contributed by atoms with van der Waals surface area (Å²) >= 11 is 0. The van der Waals surface area contributed by atoms with Crippen LogP contribution in [0.15, 0.2) is 6.07 Å². The van der Waals surface area contributed by atoms with E-state index in [9.17, 15) is 13.2 Å². The summed E-state index contributed by atoms with van der Waals surface area (Å²) in [6.07, 6.45) is 0.190. The van der Waals surface area contributed by atoms with Gasteiger partial charge in [-0.05, 0) is 12.8 Å². The Morgan fingerprint density at radius 2 is 1.86 bits per heavy atom. The summed E-state index contributed by atoms with van der Waals surface area (Å²) in [7, 11) is 0. The lowest BCUT2D eigenvalue weighted by Crippen LogP contribution is -2.14. The molecule has 0 saturated carbocycles. The number of nitrogens with zero attached hydrogens (tertiary/aromatic N) is 2. The van der Waals surface area contributed by atoms with Crippen molar-refractivity contribution >= 4 is 5.82 Å². The molecule has 7 heteroatoms. The van der Waals surface area contributed by atoms with E-state index in [1.807, 2.05) is 6.92 Å². The maximum absolute atomic E-state index is 12.8. The average Bonchev–Trinajstić information content (AvgIpc) is 2.44. The van der Waals surface area contributed by atoms with Gasteiger partial charge in [0.25, 0.3) is 0 Å². The summed E-state index contributed by atoms with van der Waals surface area (Å²) < 4.78 is 43.6. The quantitative estimate of drug-likeness (QED) is 0.692. The van der Waals surface area contributed by atoms with E-state index in [1.165, 1.54) is 6.07 Å². The van der Waals surface area contributed by atoms with Crippen LogP contribution in [0, 0.1) is 0 Å². The Morgan fingerprint density at radius 3 is 2.48 bits per heavy atom. The Morgan fingerprint density at radius 1 is 1.10 bits per heavy atom. The molecule has 0 radical (unpaired) electrons. The van der Waals surface area contributed by atoms with E-state index in [2.05, 4.69) is 22.2 Å². The zero-order valence-electron chi connectivity index (χ0n) is 12.5. The van der Waals surface area contributed by atoms with E-state index in [-0.39, 0.29) is 11.7 Å². The highest BCUT2D eigenvalue weighted by Crippen LogP contribution is 2.29. The minimum absolute atomic E-state index is 0.0348. The van der Waals surface area contributed by atoms with Gasteiger partial charge in [-0.3, -0.25) is 0 Å². The van der Waals surface area contributed by atoms with Crippen LogP contribution < -0.4 is 10.1 Å². The van der Waals surface area contributed by atoms with Gasteiger partial charge in [-0.1, -0.05) is 33.1 Å². The SMILES string of the molecule is CCCCCCOc1cc(NCCC)nc(C(F)(F)F)n1. The number of anilines is 1. The van der Waals surface area contributed by atoms with Crippen molar-refractivity contribution in [3.63, 3.8) is 0 Å². The first-order valence-corrected chi connectivity index (χ1v) is 7.30. The predicted octanol–water partition coefficient (Wildman–Crippen LogP) is 4.28. The second kappa shape index (κ2) is 8.69. The van der Waals surface area contributed by atoms with Crippen molar-refractivity contribution in [2.45, 2.75) is 52.1 Å². The molecule has 0 aliphatic carbocycles. The first-order chi connectivity index (χ1) is 9.97. The number of nitrogens with one attached hydrogen (secondary N) is 1. The molecule has 4 nitrogen and oxygen atoms in total. The molecule has 0 fully saturated rings. The minimum Gasteiger partial charge on any atom is -0.478 e. The lowest BCUT2D eigenvalue weighted by atomic mass is 10.2. The first-order valence-electron chi connectivity index (χ1n) is 7.30. The zero-order chi connectivity index (χ0) is 15.7. The van der Waals surface area contributed by atoms with Crippen LogP contribution in [-0.2, 0) is 6.18 Å². The van der Waals surface area contributed by atoms with E-state index in [4.69, 9.17) is 4.74 Å². The Kier molecular flexibility index (Phi) is 7.25. The molecule has 0 spiro atoms. The second-order valence-corrected chi connectivity index (χ2v) is 4.75. The number of rotatable bonds is 9. The van der Waals surface area contributed by atoms with Crippen molar-refractivity contribution < 1.29 is 17.9 Å². The third-order valence-corrected chi connectivity index (χ3v) is 2.76. The maximum Gasteiger partial charge on any atom is 0.451 e. The molecule has 1 rings (SSSR count). The minimum atomic E-state index is -4.58. The van der Waals surface area contributed by atoms with Crippen LogP contribution in [0.25, 0.3) is 0 Å². The fraction of sp³-hybridized carbons (Fsp3) is 0.714. The third-order valence-electron chi connectivity index (χ3n) is 2.76. The molecule has 0 aliphatic heterocycles. The molecule has 1 aromatic heterocycles. The predicted molar refractivity (Wildman–Crippen MR) is 75.5 cm³/mol. The molecule has 0 amide bonds. The van der Waals surface area contributed by atoms with Gasteiger partial charge in [0.2, 0.25) is 11.7 Å². The first kappa shape index (κ1) is 17.5. The van der Waals surface area contributed by atoms with Gasteiger partial charge in [-0.2, -0.15) is 18.2 Å². The van der Waals surface area contributed by atoms with E-state index in [1.54, 1.807) is 0 Å². The second-order valence-electron chi connectivity index (χ2n) is 4.75. The molecule has 0 atom stereocenters. The van der Waals surface area contributed by atoms with Gasteiger partial charge < -0.3 is 10.1 Å². The van der Waals surface area contributed by atoms with E-state index < -0.39 is 12.0 Å². The number of aromatic nitrogens is 2. The highest BCUT2D eigenvalue weighted by molar-refractivity contribution is 5.38. The molecular weight excluding hydrogens is 283 g/mol. The summed E-state index contributed by atoms with van der Waals surface area (Å²) in [4.78, 5) is 6.90. The van der Waals surface area contributed by atoms with Gasteiger partial charge in [0.05, 0.1) is 6.61 Å². The molecule has 1 aromatic rings. The molecule has 0 bridgehead atoms. The van der Waals surface area contributed by atoms with Gasteiger partial charge in [0, 0.05) is 12.6 Å². The summed E-state index contributed by atoms with van der Waals surface area (Å²) in [5.74, 6) is -1.07. The molecule has 1 heterocycles. The topological polar surface area (TPSA) is 47.0 Å². The fourth-order valence-electron chi connectivity index (χ4n) is 1.67. The van der Waals surface area contributed by atoms with Crippen LogP contribution in [-0.4, -0.2) is 23.1 Å². The molecule has 120 valence electrons. The summed E-state index contributed by atoms with van der Waals surface area (Å²) in [6.45, 7) is 4.92. The van der Waals surface area contributed by atoms with Crippen molar-refractivity contribution in [3.05, 3.63) is 11.9 Å². The third kappa shape index (κ3) is 6.64. The van der Waals surface area contributed by atoms with E-state index in [0.717, 1.165) is 32.1 Å². The molecular formula is C14H22F3N3O. The molecule has 0 unspecified atom stereocenters. The lowest BCUT2D eigenvalue weighted by molar-refractivity contribution is -0.145. The normalized spacial score (nSPS) is 11.5. The number of alkyl halides is 3. The van der Waals surface area contributed by atoms with Crippen LogP contribution in [0.2, 0.25) is 0 Å². The number of unbranched alkanes of at least 4 members (excludes halogenated alkanes) is 3. The van der Waals surface area contributed by atoms with Gasteiger partial charge in [-0.25, -0.2) is 4.98 Å². The molecule has 1 N–H and O–H groups in total. The standard InChI is InChI=1S/C14H22F3N3O/c1-3-5-6-7-9-21-12-10-11(18-8-4-2)19-13(20-12)14(15,16)17/h10H,3-9H2,1-2H3,(H,18,19,20). The van der Waals surface area contributed by atoms with Gasteiger partial charge in [-0.15, -0.1) is 0 Å². The maximum atomic E-state index is 12.8. The number of halogens is 3. The van der Waals surface area contributed by atoms with Gasteiger partial charge in [0.1, 0.15) is 5.82 Å². The largest absolute Gasteiger partial charge is 0.478 e. The summed E-state index contributed by atoms with van der Waals surface area (Å²) in [5, 5.41) is 2.83. The average molecular weight is 305 g/mol. The summed E-state index contributed by atoms with van der Waals surface area (Å²) in [5.41, 5.74) is 0. The lowest BCUT2D eigenvalue weighted by Gasteiger charge is -2.12. The van der Waals surface area contributed by atoms with Crippen LogP contribution in [0.5, 0.6) is 5.88 Å². The molecule has 21 heavy (non-hydrogen) atoms. The van der Waals surface area contributed by atoms with Crippen LogP contribution in [0.4, 0.5) is 19.0 Å². The van der Waals surface area contributed by atoms with Crippen molar-refractivity contribution in [2.75, 3.05) is 18.5 Å². The fourth-order valence-corrected chi connectivity index (χ4v) is 1.67. The smallest absolute Gasteiger partial charge is 0.451 e. The monoisotopic (exact) mass is 305 g/mol. The van der Waals surface area contributed by atoms with Crippen LogP contribution in [0.1, 0.15) is 51.8 Å².